The number of carbonyl (C=O) groups is 2. The highest BCUT2D eigenvalue weighted by Crippen LogP contribution is 2.33. The van der Waals surface area contributed by atoms with Gasteiger partial charge in [-0.2, -0.15) is 0 Å². The molecule has 0 unspecified atom stereocenters. The number of carbonyl (C=O) groups excluding carboxylic acids is 2. The molecule has 0 spiro atoms. The Bertz CT molecular complexity index is 1340. The fourth-order valence-corrected chi connectivity index (χ4v) is 4.94. The second-order valence-electron chi connectivity index (χ2n) is 8.94. The van der Waals surface area contributed by atoms with Crippen LogP contribution < -0.4 is 9.47 Å². The predicted octanol–water partition coefficient (Wildman–Crippen LogP) is 7.61. The van der Waals surface area contributed by atoms with Gasteiger partial charge in [0, 0.05) is 5.56 Å². The highest BCUT2D eigenvalue weighted by molar-refractivity contribution is 8.18. The summed E-state index contributed by atoms with van der Waals surface area (Å²) < 4.78 is 25.7. The van der Waals surface area contributed by atoms with Gasteiger partial charge in [0.15, 0.2) is 0 Å². The predicted molar refractivity (Wildman–Crippen MR) is 146 cm³/mol. The molecule has 3 aromatic rings. The molecule has 0 atom stereocenters. The maximum atomic E-state index is 14.0. The maximum absolute atomic E-state index is 14.0. The standard InChI is InChI=1S/C29H27ClFNO4S/c1-18(2)22-11-10-19(3)14-26(22)35-13-12-32-28(33)27(37-29(32)34)16-20-6-4-7-21(15-20)36-17-23-24(30)8-5-9-25(23)31/h4-11,14-16,18H,12-13,17H2,1-3H3/b27-16-. The van der Waals surface area contributed by atoms with E-state index in [0.717, 1.165) is 28.6 Å². The van der Waals surface area contributed by atoms with Crippen molar-refractivity contribution in [3.63, 3.8) is 0 Å². The van der Waals surface area contributed by atoms with Gasteiger partial charge >= 0.3 is 0 Å². The summed E-state index contributed by atoms with van der Waals surface area (Å²) in [5.41, 5.74) is 3.11. The minimum atomic E-state index is -0.441. The summed E-state index contributed by atoms with van der Waals surface area (Å²) in [5, 5.41) is -0.0496. The van der Waals surface area contributed by atoms with Crippen LogP contribution in [0.1, 0.15) is 42.0 Å². The lowest BCUT2D eigenvalue weighted by Crippen LogP contribution is -2.32. The number of thioether (sulfide) groups is 1. The van der Waals surface area contributed by atoms with E-state index in [2.05, 4.69) is 13.8 Å². The van der Waals surface area contributed by atoms with Gasteiger partial charge in [0.1, 0.15) is 30.5 Å². The van der Waals surface area contributed by atoms with E-state index in [-0.39, 0.29) is 41.5 Å². The number of rotatable bonds is 9. The summed E-state index contributed by atoms with van der Waals surface area (Å²) in [6.07, 6.45) is 1.64. The molecule has 5 nitrogen and oxygen atoms in total. The summed E-state index contributed by atoms with van der Waals surface area (Å²) in [6.45, 7) is 6.50. The van der Waals surface area contributed by atoms with Crippen molar-refractivity contribution < 1.29 is 23.5 Å². The Morgan fingerprint density at radius 3 is 2.59 bits per heavy atom. The Morgan fingerprint density at radius 2 is 1.84 bits per heavy atom. The number of amides is 2. The SMILES string of the molecule is Cc1ccc(C(C)C)c(OCCN2C(=O)S/C(=C\c3cccc(OCc4c(F)cccc4Cl)c3)C2=O)c1. The van der Waals surface area contributed by atoms with Crippen LogP contribution in [0.5, 0.6) is 11.5 Å². The van der Waals surface area contributed by atoms with Crippen molar-refractivity contribution in [2.75, 3.05) is 13.2 Å². The molecule has 3 aromatic carbocycles. The average Bonchev–Trinajstić information content (AvgIpc) is 3.11. The summed E-state index contributed by atoms with van der Waals surface area (Å²) in [5.74, 6) is 0.741. The summed E-state index contributed by atoms with van der Waals surface area (Å²) in [4.78, 5) is 27.0. The first-order chi connectivity index (χ1) is 17.7. The van der Waals surface area contributed by atoms with Crippen LogP contribution >= 0.6 is 23.4 Å². The molecule has 1 fully saturated rings. The van der Waals surface area contributed by atoms with E-state index >= 15 is 0 Å². The number of halogens is 2. The van der Waals surface area contributed by atoms with Gasteiger partial charge < -0.3 is 9.47 Å². The first kappa shape index (κ1) is 26.8. The van der Waals surface area contributed by atoms with Crippen molar-refractivity contribution in [1.29, 1.82) is 0 Å². The van der Waals surface area contributed by atoms with Crippen LogP contribution in [0, 0.1) is 12.7 Å². The molecule has 37 heavy (non-hydrogen) atoms. The number of aryl methyl sites for hydroxylation is 1. The fraction of sp³-hybridized carbons (Fsp3) is 0.241. The Balaban J connectivity index is 1.40. The van der Waals surface area contributed by atoms with Crippen molar-refractivity contribution in [1.82, 2.24) is 4.90 Å². The van der Waals surface area contributed by atoms with Crippen LogP contribution in [0.15, 0.2) is 65.6 Å². The van der Waals surface area contributed by atoms with E-state index in [1.54, 1.807) is 36.4 Å². The second kappa shape index (κ2) is 11.8. The van der Waals surface area contributed by atoms with Gasteiger partial charge in [0.2, 0.25) is 0 Å². The molecule has 0 bridgehead atoms. The molecular formula is C29H27ClFNO4S. The second-order valence-corrected chi connectivity index (χ2v) is 10.3. The normalized spacial score (nSPS) is 14.6. The first-order valence-corrected chi connectivity index (χ1v) is 13.1. The molecule has 1 aliphatic rings. The lowest BCUT2D eigenvalue weighted by atomic mass is 10.0. The van der Waals surface area contributed by atoms with Gasteiger partial charge in [-0.25, -0.2) is 4.39 Å². The summed E-state index contributed by atoms with van der Waals surface area (Å²) >= 11 is 6.96. The molecule has 0 N–H and O–H groups in total. The minimum absolute atomic E-state index is 0.0368. The molecule has 0 aromatic heterocycles. The zero-order chi connectivity index (χ0) is 26.5. The summed E-state index contributed by atoms with van der Waals surface area (Å²) in [7, 11) is 0. The molecule has 1 heterocycles. The Labute approximate surface area is 225 Å². The molecule has 8 heteroatoms. The van der Waals surface area contributed by atoms with Crippen LogP contribution in [0.4, 0.5) is 9.18 Å². The number of ether oxygens (including phenoxy) is 2. The van der Waals surface area contributed by atoms with E-state index in [1.165, 1.54) is 17.0 Å². The third kappa shape index (κ3) is 6.53. The number of hydrogen-bond acceptors (Lipinski definition) is 5. The fourth-order valence-electron chi connectivity index (χ4n) is 3.85. The third-order valence-electron chi connectivity index (χ3n) is 5.84. The smallest absolute Gasteiger partial charge is 0.293 e. The Hall–Kier alpha value is -3.29. The Kier molecular flexibility index (Phi) is 8.56. The molecule has 0 radical (unpaired) electrons. The zero-order valence-electron chi connectivity index (χ0n) is 20.8. The van der Waals surface area contributed by atoms with Crippen molar-refractivity contribution in [2.45, 2.75) is 33.3 Å². The van der Waals surface area contributed by atoms with Gasteiger partial charge in [-0.3, -0.25) is 14.5 Å². The quantitative estimate of drug-likeness (QED) is 0.262. The van der Waals surface area contributed by atoms with Gasteiger partial charge in [-0.15, -0.1) is 0 Å². The van der Waals surface area contributed by atoms with Gasteiger partial charge in [0.25, 0.3) is 11.1 Å². The molecular weight excluding hydrogens is 513 g/mol. The molecule has 4 rings (SSSR count). The van der Waals surface area contributed by atoms with Crippen molar-refractivity contribution in [3.05, 3.63) is 98.7 Å². The topological polar surface area (TPSA) is 55.8 Å². The van der Waals surface area contributed by atoms with E-state index < -0.39 is 5.82 Å². The maximum Gasteiger partial charge on any atom is 0.293 e. The number of hydrogen-bond donors (Lipinski definition) is 0. The van der Waals surface area contributed by atoms with Crippen LogP contribution in [0.3, 0.4) is 0 Å². The van der Waals surface area contributed by atoms with Crippen LogP contribution in [-0.2, 0) is 11.4 Å². The van der Waals surface area contributed by atoms with Crippen LogP contribution in [-0.4, -0.2) is 29.2 Å². The molecule has 0 saturated carbocycles. The number of imide groups is 1. The minimum Gasteiger partial charge on any atom is -0.491 e. The Morgan fingerprint density at radius 1 is 1.05 bits per heavy atom. The lowest BCUT2D eigenvalue weighted by molar-refractivity contribution is -0.123. The van der Waals surface area contributed by atoms with Gasteiger partial charge in [-0.1, -0.05) is 55.8 Å². The van der Waals surface area contributed by atoms with E-state index in [9.17, 15) is 14.0 Å². The number of benzene rings is 3. The van der Waals surface area contributed by atoms with Gasteiger partial charge in [-0.05, 0) is 77.7 Å². The number of nitrogens with zero attached hydrogens (tertiary/aromatic N) is 1. The highest BCUT2D eigenvalue weighted by Gasteiger charge is 2.34. The largest absolute Gasteiger partial charge is 0.491 e. The molecule has 192 valence electrons. The van der Waals surface area contributed by atoms with Gasteiger partial charge in [0.05, 0.1) is 16.5 Å². The lowest BCUT2D eigenvalue weighted by Gasteiger charge is -2.17. The average molecular weight is 540 g/mol. The van der Waals surface area contributed by atoms with Crippen molar-refractivity contribution >= 4 is 40.6 Å². The molecule has 1 aliphatic heterocycles. The van der Waals surface area contributed by atoms with Crippen LogP contribution in [0.2, 0.25) is 5.02 Å². The third-order valence-corrected chi connectivity index (χ3v) is 7.10. The van der Waals surface area contributed by atoms with E-state index in [4.69, 9.17) is 21.1 Å². The molecule has 1 saturated heterocycles. The van der Waals surface area contributed by atoms with E-state index in [0.29, 0.717) is 22.1 Å². The monoisotopic (exact) mass is 539 g/mol. The van der Waals surface area contributed by atoms with Crippen molar-refractivity contribution in [2.24, 2.45) is 0 Å². The van der Waals surface area contributed by atoms with Crippen molar-refractivity contribution in [3.8, 4) is 11.5 Å². The molecule has 0 aliphatic carbocycles. The highest BCUT2D eigenvalue weighted by atomic mass is 35.5. The molecule has 2 amide bonds. The summed E-state index contributed by atoms with van der Waals surface area (Å²) in [6, 6.07) is 17.5. The zero-order valence-corrected chi connectivity index (χ0v) is 22.4. The first-order valence-electron chi connectivity index (χ1n) is 11.9. The van der Waals surface area contributed by atoms with Crippen LogP contribution in [0.25, 0.3) is 6.08 Å². The van der Waals surface area contributed by atoms with E-state index in [1.807, 2.05) is 25.1 Å².